The molecule has 1 fully saturated rings. The van der Waals surface area contributed by atoms with Gasteiger partial charge in [-0.2, -0.15) is 5.26 Å². The van der Waals surface area contributed by atoms with E-state index in [1.54, 1.807) is 4.90 Å². The van der Waals surface area contributed by atoms with Crippen molar-refractivity contribution >= 4 is 24.8 Å². The average Bonchev–Trinajstić information content (AvgIpc) is 2.45. The molecule has 1 aliphatic heterocycles. The van der Waals surface area contributed by atoms with Gasteiger partial charge in [-0.3, -0.25) is 4.90 Å². The minimum Gasteiger partial charge on any atom is -0.314 e. The van der Waals surface area contributed by atoms with Gasteiger partial charge in [-0.25, -0.2) is 17.6 Å². The molecule has 1 N–H and O–H groups in total. The van der Waals surface area contributed by atoms with Crippen LogP contribution in [0.1, 0.15) is 18.0 Å². The Morgan fingerprint density at radius 1 is 1.09 bits per heavy atom. The van der Waals surface area contributed by atoms with Crippen LogP contribution in [0.2, 0.25) is 0 Å². The molecule has 9 heteroatoms. The minimum atomic E-state index is -1.45. The van der Waals surface area contributed by atoms with Crippen molar-refractivity contribution in [3.63, 3.8) is 0 Å². The van der Waals surface area contributed by atoms with E-state index in [0.29, 0.717) is 26.2 Å². The van der Waals surface area contributed by atoms with Crippen molar-refractivity contribution in [2.45, 2.75) is 12.5 Å². The summed E-state index contributed by atoms with van der Waals surface area (Å²) in [7, 11) is 0. The van der Waals surface area contributed by atoms with E-state index in [1.807, 2.05) is 6.07 Å². The van der Waals surface area contributed by atoms with Crippen LogP contribution in [0.3, 0.4) is 0 Å². The number of rotatable bonds is 3. The number of nitrogens with one attached hydrogen (secondary N) is 1. The first-order chi connectivity index (χ1) is 9.56. The van der Waals surface area contributed by atoms with E-state index in [1.165, 1.54) is 0 Å². The maximum absolute atomic E-state index is 13.8. The second-order valence-electron chi connectivity index (χ2n) is 4.55. The van der Waals surface area contributed by atoms with Crippen LogP contribution in [0.15, 0.2) is 6.07 Å². The zero-order valence-corrected chi connectivity index (χ0v) is 13.0. The summed E-state index contributed by atoms with van der Waals surface area (Å²) in [5.41, 5.74) is -0.703. The Bertz CT molecular complexity index is 519. The van der Waals surface area contributed by atoms with Crippen molar-refractivity contribution in [3.8, 4) is 6.07 Å². The van der Waals surface area contributed by atoms with E-state index < -0.39 is 34.9 Å². The molecule has 0 aromatic heterocycles. The monoisotopic (exact) mass is 359 g/mol. The molecular formula is C13H15Cl2F4N3. The van der Waals surface area contributed by atoms with E-state index in [0.717, 1.165) is 0 Å². The van der Waals surface area contributed by atoms with Crippen LogP contribution in [0, 0.1) is 34.6 Å². The number of piperazine rings is 1. The number of nitriles is 1. The highest BCUT2D eigenvalue weighted by Gasteiger charge is 2.30. The molecule has 0 unspecified atom stereocenters. The van der Waals surface area contributed by atoms with Crippen LogP contribution in [0.4, 0.5) is 17.6 Å². The standard InChI is InChI=1S/C13H13F4N3.2ClH/c14-8-7-9(15)13(17)11(12(8)16)10(1-2-18)20-5-3-19-4-6-20;;/h7,10,19H,1,3-6H2;2*1H/t10-;;/m1../s1. The van der Waals surface area contributed by atoms with Gasteiger partial charge in [-0.05, 0) is 0 Å². The van der Waals surface area contributed by atoms with Crippen molar-refractivity contribution in [1.29, 1.82) is 5.26 Å². The normalized spacial score (nSPS) is 16.1. The average molecular weight is 360 g/mol. The smallest absolute Gasteiger partial charge is 0.166 e. The molecule has 0 amide bonds. The van der Waals surface area contributed by atoms with Crippen molar-refractivity contribution in [2.24, 2.45) is 0 Å². The van der Waals surface area contributed by atoms with E-state index in [9.17, 15) is 17.6 Å². The summed E-state index contributed by atoms with van der Waals surface area (Å²) in [5, 5.41) is 11.9. The maximum Gasteiger partial charge on any atom is 0.166 e. The predicted molar refractivity (Wildman–Crippen MR) is 78.2 cm³/mol. The number of hydrogen-bond acceptors (Lipinski definition) is 3. The van der Waals surface area contributed by atoms with E-state index in [4.69, 9.17) is 5.26 Å². The Kier molecular flexibility index (Phi) is 8.71. The third-order valence-corrected chi connectivity index (χ3v) is 3.36. The van der Waals surface area contributed by atoms with E-state index in [2.05, 4.69) is 5.32 Å². The number of halogens is 6. The molecule has 0 radical (unpaired) electrons. The number of hydrogen-bond donors (Lipinski definition) is 1. The molecule has 0 saturated carbocycles. The fourth-order valence-electron chi connectivity index (χ4n) is 2.38. The Balaban J connectivity index is 0.00000220. The predicted octanol–water partition coefficient (Wildman–Crippen LogP) is 2.95. The van der Waals surface area contributed by atoms with Crippen molar-refractivity contribution < 1.29 is 17.6 Å². The van der Waals surface area contributed by atoms with Gasteiger partial charge in [0.1, 0.15) is 0 Å². The van der Waals surface area contributed by atoms with Gasteiger partial charge in [0.05, 0.1) is 18.5 Å². The molecular weight excluding hydrogens is 345 g/mol. The summed E-state index contributed by atoms with van der Waals surface area (Å²) in [5.74, 6) is -5.75. The summed E-state index contributed by atoms with van der Waals surface area (Å²) in [6.45, 7) is 2.07. The largest absolute Gasteiger partial charge is 0.314 e. The molecule has 1 saturated heterocycles. The van der Waals surface area contributed by atoms with E-state index >= 15 is 0 Å². The van der Waals surface area contributed by atoms with Crippen molar-refractivity contribution in [2.75, 3.05) is 26.2 Å². The summed E-state index contributed by atoms with van der Waals surface area (Å²) >= 11 is 0. The Hall–Kier alpha value is -1.07. The first kappa shape index (κ1) is 20.9. The highest BCUT2D eigenvalue weighted by Crippen LogP contribution is 2.31. The lowest BCUT2D eigenvalue weighted by Gasteiger charge is -2.34. The van der Waals surface area contributed by atoms with Crippen LogP contribution in [-0.4, -0.2) is 31.1 Å². The quantitative estimate of drug-likeness (QED) is 0.666. The van der Waals surface area contributed by atoms with Gasteiger partial charge in [0.25, 0.3) is 0 Å². The Labute approximate surface area is 138 Å². The molecule has 1 atom stereocenters. The van der Waals surface area contributed by atoms with Crippen LogP contribution in [0.25, 0.3) is 0 Å². The fourth-order valence-corrected chi connectivity index (χ4v) is 2.38. The van der Waals surface area contributed by atoms with Gasteiger partial charge in [0, 0.05) is 37.8 Å². The third-order valence-electron chi connectivity index (χ3n) is 3.36. The molecule has 0 bridgehead atoms. The van der Waals surface area contributed by atoms with Crippen molar-refractivity contribution in [3.05, 3.63) is 34.9 Å². The molecule has 1 aliphatic rings. The molecule has 3 nitrogen and oxygen atoms in total. The van der Waals surface area contributed by atoms with Gasteiger partial charge in [0.2, 0.25) is 0 Å². The van der Waals surface area contributed by atoms with Gasteiger partial charge >= 0.3 is 0 Å². The van der Waals surface area contributed by atoms with Gasteiger partial charge in [-0.1, -0.05) is 0 Å². The highest BCUT2D eigenvalue weighted by atomic mass is 35.5. The number of nitrogens with zero attached hydrogens (tertiary/aromatic N) is 2. The van der Waals surface area contributed by atoms with E-state index in [-0.39, 0.29) is 37.3 Å². The SMILES string of the molecule is Cl.Cl.N#CC[C@H](c1c(F)c(F)cc(F)c1F)N1CCNCC1. The summed E-state index contributed by atoms with van der Waals surface area (Å²) in [6.07, 6.45) is -0.239. The van der Waals surface area contributed by atoms with Gasteiger partial charge in [-0.15, -0.1) is 24.8 Å². The summed E-state index contributed by atoms with van der Waals surface area (Å²) in [6, 6.07) is 0.999. The Morgan fingerprint density at radius 2 is 1.59 bits per heavy atom. The fraction of sp³-hybridized carbons (Fsp3) is 0.462. The molecule has 0 aliphatic carbocycles. The second kappa shape index (κ2) is 9.16. The molecule has 1 heterocycles. The zero-order valence-electron chi connectivity index (χ0n) is 11.4. The minimum absolute atomic E-state index is 0. The van der Waals surface area contributed by atoms with Crippen LogP contribution < -0.4 is 5.32 Å². The third kappa shape index (κ3) is 4.23. The highest BCUT2D eigenvalue weighted by molar-refractivity contribution is 5.85. The maximum atomic E-state index is 13.8. The zero-order chi connectivity index (χ0) is 14.7. The van der Waals surface area contributed by atoms with Crippen LogP contribution in [0.5, 0.6) is 0 Å². The second-order valence-corrected chi connectivity index (χ2v) is 4.55. The van der Waals surface area contributed by atoms with Gasteiger partial charge in [0.15, 0.2) is 23.3 Å². The van der Waals surface area contributed by atoms with Crippen LogP contribution >= 0.6 is 24.8 Å². The summed E-state index contributed by atoms with van der Waals surface area (Å²) in [4.78, 5) is 1.65. The van der Waals surface area contributed by atoms with Gasteiger partial charge < -0.3 is 5.32 Å². The Morgan fingerprint density at radius 3 is 2.05 bits per heavy atom. The lowest BCUT2D eigenvalue weighted by molar-refractivity contribution is 0.167. The topological polar surface area (TPSA) is 39.1 Å². The number of benzene rings is 1. The first-order valence-corrected chi connectivity index (χ1v) is 6.21. The lowest BCUT2D eigenvalue weighted by atomic mass is 10.00. The molecule has 0 spiro atoms. The molecule has 1 aromatic rings. The molecule has 124 valence electrons. The van der Waals surface area contributed by atoms with Crippen molar-refractivity contribution in [1.82, 2.24) is 10.2 Å². The lowest BCUT2D eigenvalue weighted by Crippen LogP contribution is -2.45. The first-order valence-electron chi connectivity index (χ1n) is 6.21. The summed E-state index contributed by atoms with van der Waals surface area (Å²) < 4.78 is 54.3. The molecule has 1 aromatic carbocycles. The molecule has 2 rings (SSSR count). The molecule has 22 heavy (non-hydrogen) atoms. The van der Waals surface area contributed by atoms with Crippen LogP contribution in [-0.2, 0) is 0 Å².